The molecule has 1 N–H and O–H groups in total. The van der Waals surface area contributed by atoms with E-state index in [0.717, 1.165) is 12.1 Å². The zero-order valence-corrected chi connectivity index (χ0v) is 14.5. The highest BCUT2D eigenvalue weighted by molar-refractivity contribution is 5.98. The summed E-state index contributed by atoms with van der Waals surface area (Å²) in [6.45, 7) is 2.70. The average Bonchev–Trinajstić information content (AvgIpc) is 2.61. The van der Waals surface area contributed by atoms with E-state index in [0.29, 0.717) is 17.3 Å². The number of ether oxygens (including phenoxy) is 1. The van der Waals surface area contributed by atoms with E-state index in [2.05, 4.69) is 5.32 Å². The highest BCUT2D eigenvalue weighted by Gasteiger charge is 2.31. The lowest BCUT2D eigenvalue weighted by atomic mass is 10.1. The predicted molar refractivity (Wildman–Crippen MR) is 91.4 cm³/mol. The van der Waals surface area contributed by atoms with Crippen LogP contribution in [0.3, 0.4) is 0 Å². The van der Waals surface area contributed by atoms with Gasteiger partial charge in [0.1, 0.15) is 0 Å². The van der Waals surface area contributed by atoms with Crippen molar-refractivity contribution in [2.75, 3.05) is 5.32 Å². The lowest BCUT2D eigenvalue weighted by molar-refractivity contribution is -0.137. The van der Waals surface area contributed by atoms with Gasteiger partial charge in [-0.15, -0.1) is 0 Å². The summed E-state index contributed by atoms with van der Waals surface area (Å²) in [6, 6.07) is 9.81. The fourth-order valence-corrected chi connectivity index (χ4v) is 2.14. The van der Waals surface area contributed by atoms with Crippen LogP contribution in [0.25, 0.3) is 0 Å². The normalized spacial score (nSPS) is 12.2. The molecule has 0 bridgehead atoms. The maximum Gasteiger partial charge on any atom is 0.416 e. The van der Waals surface area contributed by atoms with Crippen LogP contribution in [0.1, 0.15) is 40.1 Å². The van der Waals surface area contributed by atoms with Crippen LogP contribution >= 0.6 is 0 Å². The molecular weight excluding hydrogens is 363 g/mol. The molecule has 2 aromatic rings. The Morgan fingerprint density at radius 2 is 1.63 bits per heavy atom. The van der Waals surface area contributed by atoms with Crippen molar-refractivity contribution in [3.05, 3.63) is 65.2 Å². The monoisotopic (exact) mass is 379 g/mol. The van der Waals surface area contributed by atoms with Gasteiger partial charge in [-0.1, -0.05) is 6.07 Å². The topological polar surface area (TPSA) is 72.5 Å². The summed E-state index contributed by atoms with van der Waals surface area (Å²) < 4.78 is 43.0. The number of benzene rings is 2. The van der Waals surface area contributed by atoms with Crippen LogP contribution in [0.4, 0.5) is 18.9 Å². The first-order valence-electron chi connectivity index (χ1n) is 7.88. The molecule has 0 radical (unpaired) electrons. The quantitative estimate of drug-likeness (QED) is 0.627. The number of amides is 1. The lowest BCUT2D eigenvalue weighted by Gasteiger charge is -2.14. The van der Waals surface area contributed by atoms with E-state index >= 15 is 0 Å². The summed E-state index contributed by atoms with van der Waals surface area (Å²) in [6.07, 6.45) is -5.83. The number of esters is 1. The Kier molecular flexibility index (Phi) is 5.99. The minimum Gasteiger partial charge on any atom is -0.449 e. The molecular formula is C19H16F3NO4. The summed E-state index contributed by atoms with van der Waals surface area (Å²) in [7, 11) is 0. The van der Waals surface area contributed by atoms with Crippen LogP contribution in [-0.4, -0.2) is 23.8 Å². The Morgan fingerprint density at radius 3 is 2.19 bits per heavy atom. The minimum atomic E-state index is -4.59. The number of rotatable bonds is 5. The number of hydrogen-bond acceptors (Lipinski definition) is 4. The van der Waals surface area contributed by atoms with Crippen LogP contribution in [0.5, 0.6) is 0 Å². The first-order chi connectivity index (χ1) is 12.6. The molecule has 1 atom stereocenters. The maximum atomic E-state index is 12.7. The summed E-state index contributed by atoms with van der Waals surface area (Å²) in [5, 5.41) is 2.49. The summed E-state index contributed by atoms with van der Waals surface area (Å²) in [5.41, 5.74) is -0.445. The number of carbonyl (C=O) groups excluding carboxylic acids is 3. The molecule has 27 heavy (non-hydrogen) atoms. The van der Waals surface area contributed by atoms with E-state index in [4.69, 9.17) is 4.74 Å². The highest BCUT2D eigenvalue weighted by atomic mass is 19.4. The Morgan fingerprint density at radius 1 is 1.00 bits per heavy atom. The molecule has 0 heterocycles. The molecule has 0 aliphatic rings. The van der Waals surface area contributed by atoms with Crippen molar-refractivity contribution >= 4 is 23.3 Å². The third kappa shape index (κ3) is 5.40. The van der Waals surface area contributed by atoms with Crippen molar-refractivity contribution in [2.24, 2.45) is 0 Å². The molecule has 0 aromatic heterocycles. The van der Waals surface area contributed by atoms with Gasteiger partial charge in [0, 0.05) is 11.3 Å². The van der Waals surface area contributed by atoms with Crippen LogP contribution < -0.4 is 5.32 Å². The molecule has 1 amide bonds. The van der Waals surface area contributed by atoms with E-state index in [9.17, 15) is 27.6 Å². The first kappa shape index (κ1) is 20.2. The van der Waals surface area contributed by atoms with Crippen molar-refractivity contribution < 1.29 is 32.3 Å². The van der Waals surface area contributed by atoms with Gasteiger partial charge in [0.05, 0.1) is 11.1 Å². The van der Waals surface area contributed by atoms with E-state index in [1.54, 1.807) is 0 Å². The van der Waals surface area contributed by atoms with Gasteiger partial charge in [-0.3, -0.25) is 9.59 Å². The largest absolute Gasteiger partial charge is 0.449 e. The molecule has 142 valence electrons. The fourth-order valence-electron chi connectivity index (χ4n) is 2.14. The summed E-state index contributed by atoms with van der Waals surface area (Å²) >= 11 is 0. The SMILES string of the molecule is CC(=O)c1ccc(NC(=O)[C@H](C)OC(=O)c2cccc(C(F)(F)F)c2)cc1. The van der Waals surface area contributed by atoms with Gasteiger partial charge < -0.3 is 10.1 Å². The number of hydrogen-bond donors (Lipinski definition) is 1. The van der Waals surface area contributed by atoms with Gasteiger partial charge in [-0.2, -0.15) is 13.2 Å². The third-order valence-electron chi connectivity index (χ3n) is 3.64. The van der Waals surface area contributed by atoms with Gasteiger partial charge in [0.25, 0.3) is 5.91 Å². The maximum absolute atomic E-state index is 12.7. The summed E-state index contributed by atoms with van der Waals surface area (Å²) in [4.78, 5) is 35.3. The molecule has 2 rings (SSSR count). The molecule has 0 fully saturated rings. The smallest absolute Gasteiger partial charge is 0.416 e. The van der Waals surface area contributed by atoms with E-state index in [1.807, 2.05) is 0 Å². The minimum absolute atomic E-state index is 0.128. The van der Waals surface area contributed by atoms with Crippen molar-refractivity contribution in [3.63, 3.8) is 0 Å². The summed E-state index contributed by atoms with van der Waals surface area (Å²) in [5.74, 6) is -1.84. The lowest BCUT2D eigenvalue weighted by Crippen LogP contribution is -2.30. The van der Waals surface area contributed by atoms with Crippen molar-refractivity contribution in [2.45, 2.75) is 26.1 Å². The number of nitrogens with one attached hydrogen (secondary N) is 1. The molecule has 2 aromatic carbocycles. The predicted octanol–water partition coefficient (Wildman–Crippen LogP) is 4.09. The van der Waals surface area contributed by atoms with Crippen LogP contribution in [0, 0.1) is 0 Å². The second-order valence-corrected chi connectivity index (χ2v) is 5.75. The van der Waals surface area contributed by atoms with Gasteiger partial charge in [0.15, 0.2) is 11.9 Å². The number of carbonyl (C=O) groups is 3. The molecule has 0 spiro atoms. The van der Waals surface area contributed by atoms with Crippen molar-refractivity contribution in [3.8, 4) is 0 Å². The van der Waals surface area contributed by atoms with Crippen LogP contribution in [0.15, 0.2) is 48.5 Å². The second-order valence-electron chi connectivity index (χ2n) is 5.75. The van der Waals surface area contributed by atoms with E-state index in [1.165, 1.54) is 44.2 Å². The van der Waals surface area contributed by atoms with Gasteiger partial charge >= 0.3 is 12.1 Å². The Bertz CT molecular complexity index is 860. The number of alkyl halides is 3. The van der Waals surface area contributed by atoms with Gasteiger partial charge in [-0.25, -0.2) is 4.79 Å². The van der Waals surface area contributed by atoms with Crippen LogP contribution in [0.2, 0.25) is 0 Å². The number of Topliss-reactive ketones (excluding diaryl/α,β-unsaturated/α-hetero) is 1. The molecule has 8 heteroatoms. The van der Waals surface area contributed by atoms with Gasteiger partial charge in [-0.05, 0) is 56.3 Å². The van der Waals surface area contributed by atoms with Crippen LogP contribution in [-0.2, 0) is 15.7 Å². The average molecular weight is 379 g/mol. The van der Waals surface area contributed by atoms with Crippen molar-refractivity contribution in [1.29, 1.82) is 0 Å². The second kappa shape index (κ2) is 8.03. The first-order valence-corrected chi connectivity index (χ1v) is 7.88. The molecule has 0 aliphatic heterocycles. The van der Waals surface area contributed by atoms with Gasteiger partial charge in [0.2, 0.25) is 0 Å². The zero-order valence-electron chi connectivity index (χ0n) is 14.5. The Labute approximate surface area is 153 Å². The Hall–Kier alpha value is -3.16. The molecule has 0 saturated heterocycles. The van der Waals surface area contributed by atoms with Crippen molar-refractivity contribution in [1.82, 2.24) is 0 Å². The fraction of sp³-hybridized carbons (Fsp3) is 0.211. The Balaban J connectivity index is 2.01. The highest BCUT2D eigenvalue weighted by Crippen LogP contribution is 2.29. The number of anilines is 1. The molecule has 0 aliphatic carbocycles. The molecule has 5 nitrogen and oxygen atoms in total. The molecule has 0 saturated carbocycles. The van der Waals surface area contributed by atoms with E-state index in [-0.39, 0.29) is 11.3 Å². The zero-order chi connectivity index (χ0) is 20.2. The molecule has 0 unspecified atom stereocenters. The number of ketones is 1. The van der Waals surface area contributed by atoms with E-state index < -0.39 is 29.7 Å². The standard InChI is InChI=1S/C19H16F3NO4/c1-11(24)13-6-8-16(9-7-13)23-17(25)12(2)27-18(26)14-4-3-5-15(10-14)19(20,21)22/h3-10,12H,1-2H3,(H,23,25)/t12-/m0/s1. The number of halogens is 3. The third-order valence-corrected chi connectivity index (χ3v) is 3.64.